The first-order valence-corrected chi connectivity index (χ1v) is 4.70. The van der Waals surface area contributed by atoms with Crippen molar-refractivity contribution in [1.29, 1.82) is 0 Å². The van der Waals surface area contributed by atoms with Crippen LogP contribution in [-0.4, -0.2) is 34.8 Å². The van der Waals surface area contributed by atoms with Crippen LogP contribution in [0.25, 0.3) is 0 Å². The molecular formula is C9H16N4O. The number of anilines is 2. The maximum atomic E-state index is 8.67. The van der Waals surface area contributed by atoms with E-state index in [4.69, 9.17) is 5.11 Å². The maximum absolute atomic E-state index is 8.67. The van der Waals surface area contributed by atoms with Crippen molar-refractivity contribution >= 4 is 11.8 Å². The highest BCUT2D eigenvalue weighted by Crippen LogP contribution is 2.11. The van der Waals surface area contributed by atoms with Gasteiger partial charge in [-0.1, -0.05) is 0 Å². The Labute approximate surface area is 83.6 Å². The summed E-state index contributed by atoms with van der Waals surface area (Å²) >= 11 is 0. The summed E-state index contributed by atoms with van der Waals surface area (Å²) in [4.78, 5) is 8.37. The summed E-state index contributed by atoms with van der Waals surface area (Å²) in [5.74, 6) is 1.38. The van der Waals surface area contributed by atoms with E-state index >= 15 is 0 Å². The lowest BCUT2D eigenvalue weighted by Gasteiger charge is -2.08. The Balaban J connectivity index is 2.74. The Kier molecular flexibility index (Phi) is 4.12. The number of aromatic nitrogens is 2. The third kappa shape index (κ3) is 2.85. The molecule has 0 fully saturated rings. The number of aliphatic hydroxyl groups is 1. The third-order valence-corrected chi connectivity index (χ3v) is 1.71. The van der Waals surface area contributed by atoms with Crippen LogP contribution in [-0.2, 0) is 0 Å². The quantitative estimate of drug-likeness (QED) is 0.644. The molecule has 1 heterocycles. The normalized spacial score (nSPS) is 9.93. The van der Waals surface area contributed by atoms with E-state index < -0.39 is 0 Å². The second-order valence-electron chi connectivity index (χ2n) is 2.91. The second-order valence-corrected chi connectivity index (χ2v) is 2.91. The fourth-order valence-electron chi connectivity index (χ4n) is 1.04. The maximum Gasteiger partial charge on any atom is 0.224 e. The van der Waals surface area contributed by atoms with Gasteiger partial charge < -0.3 is 15.7 Å². The van der Waals surface area contributed by atoms with E-state index in [1.54, 1.807) is 6.20 Å². The molecule has 0 aliphatic carbocycles. The van der Waals surface area contributed by atoms with Crippen molar-refractivity contribution in [2.24, 2.45) is 0 Å². The van der Waals surface area contributed by atoms with Crippen LogP contribution >= 0.6 is 0 Å². The Morgan fingerprint density at radius 2 is 2.21 bits per heavy atom. The van der Waals surface area contributed by atoms with Gasteiger partial charge in [0.1, 0.15) is 5.82 Å². The van der Waals surface area contributed by atoms with Gasteiger partial charge in [-0.05, 0) is 13.8 Å². The van der Waals surface area contributed by atoms with Gasteiger partial charge in [0.05, 0.1) is 6.61 Å². The predicted octanol–water partition coefficient (Wildman–Crippen LogP) is 0.621. The molecule has 0 spiro atoms. The molecule has 0 amide bonds. The van der Waals surface area contributed by atoms with Gasteiger partial charge in [-0.3, -0.25) is 0 Å². The van der Waals surface area contributed by atoms with Gasteiger partial charge >= 0.3 is 0 Å². The summed E-state index contributed by atoms with van der Waals surface area (Å²) in [5, 5.41) is 14.7. The Morgan fingerprint density at radius 3 is 2.86 bits per heavy atom. The number of rotatable bonds is 5. The molecule has 14 heavy (non-hydrogen) atoms. The van der Waals surface area contributed by atoms with Crippen LogP contribution in [0, 0.1) is 6.92 Å². The van der Waals surface area contributed by atoms with E-state index in [9.17, 15) is 0 Å². The highest BCUT2D eigenvalue weighted by Gasteiger charge is 2.01. The lowest BCUT2D eigenvalue weighted by Crippen LogP contribution is -2.10. The monoisotopic (exact) mass is 196 g/mol. The summed E-state index contributed by atoms with van der Waals surface area (Å²) in [6.07, 6.45) is 1.75. The zero-order valence-electron chi connectivity index (χ0n) is 8.54. The Bertz CT molecular complexity index is 290. The minimum Gasteiger partial charge on any atom is -0.395 e. The molecule has 5 heteroatoms. The SMILES string of the molecule is CCNc1ncc(C)c(NCCO)n1. The number of nitrogens with zero attached hydrogens (tertiary/aromatic N) is 2. The second kappa shape index (κ2) is 5.39. The highest BCUT2D eigenvalue weighted by atomic mass is 16.3. The molecule has 3 N–H and O–H groups in total. The molecule has 0 bridgehead atoms. The lowest BCUT2D eigenvalue weighted by molar-refractivity contribution is 0.311. The standard InChI is InChI=1S/C9H16N4O/c1-3-10-9-12-6-7(2)8(13-9)11-4-5-14/h6,14H,3-5H2,1-2H3,(H2,10,11,12,13). The van der Waals surface area contributed by atoms with Crippen LogP contribution in [0.3, 0.4) is 0 Å². The molecule has 0 atom stereocenters. The van der Waals surface area contributed by atoms with Crippen molar-refractivity contribution in [3.63, 3.8) is 0 Å². The largest absolute Gasteiger partial charge is 0.395 e. The predicted molar refractivity (Wildman–Crippen MR) is 56.5 cm³/mol. The van der Waals surface area contributed by atoms with Gasteiger partial charge in [0, 0.05) is 24.8 Å². The van der Waals surface area contributed by atoms with E-state index in [1.165, 1.54) is 0 Å². The summed E-state index contributed by atoms with van der Waals surface area (Å²) in [6.45, 7) is 5.31. The van der Waals surface area contributed by atoms with E-state index in [0.29, 0.717) is 12.5 Å². The fraction of sp³-hybridized carbons (Fsp3) is 0.556. The number of hydrogen-bond acceptors (Lipinski definition) is 5. The van der Waals surface area contributed by atoms with Crippen molar-refractivity contribution in [2.45, 2.75) is 13.8 Å². The summed E-state index contributed by atoms with van der Waals surface area (Å²) < 4.78 is 0. The molecular weight excluding hydrogens is 180 g/mol. The topological polar surface area (TPSA) is 70.1 Å². The third-order valence-electron chi connectivity index (χ3n) is 1.71. The summed E-state index contributed by atoms with van der Waals surface area (Å²) in [5.41, 5.74) is 0.972. The van der Waals surface area contributed by atoms with Crippen LogP contribution in [0.4, 0.5) is 11.8 Å². The van der Waals surface area contributed by atoms with Crippen LogP contribution in [0.2, 0.25) is 0 Å². The van der Waals surface area contributed by atoms with Gasteiger partial charge in [0.15, 0.2) is 0 Å². The van der Waals surface area contributed by atoms with Crippen LogP contribution in [0.5, 0.6) is 0 Å². The molecule has 78 valence electrons. The van der Waals surface area contributed by atoms with Crippen molar-refractivity contribution < 1.29 is 5.11 Å². The first kappa shape index (κ1) is 10.7. The number of hydrogen-bond donors (Lipinski definition) is 3. The van der Waals surface area contributed by atoms with Gasteiger partial charge in [-0.15, -0.1) is 0 Å². The van der Waals surface area contributed by atoms with Crippen LogP contribution in [0.15, 0.2) is 6.20 Å². The first-order chi connectivity index (χ1) is 6.77. The number of aliphatic hydroxyl groups excluding tert-OH is 1. The zero-order chi connectivity index (χ0) is 10.4. The lowest BCUT2D eigenvalue weighted by atomic mass is 10.3. The fourth-order valence-corrected chi connectivity index (χ4v) is 1.04. The van der Waals surface area contributed by atoms with Gasteiger partial charge in [0.25, 0.3) is 0 Å². The molecule has 1 rings (SSSR count). The molecule has 0 unspecified atom stereocenters. The van der Waals surface area contributed by atoms with Crippen molar-refractivity contribution in [3.8, 4) is 0 Å². The molecule has 0 saturated carbocycles. The summed E-state index contributed by atoms with van der Waals surface area (Å²) in [6, 6.07) is 0. The molecule has 0 saturated heterocycles. The molecule has 0 aliphatic rings. The van der Waals surface area contributed by atoms with E-state index in [0.717, 1.165) is 17.9 Å². The molecule has 1 aromatic rings. The van der Waals surface area contributed by atoms with Crippen molar-refractivity contribution in [3.05, 3.63) is 11.8 Å². The van der Waals surface area contributed by atoms with E-state index in [2.05, 4.69) is 20.6 Å². The van der Waals surface area contributed by atoms with Crippen molar-refractivity contribution in [2.75, 3.05) is 30.3 Å². The zero-order valence-corrected chi connectivity index (χ0v) is 8.54. The molecule has 5 nitrogen and oxygen atoms in total. The first-order valence-electron chi connectivity index (χ1n) is 4.70. The molecule has 1 aromatic heterocycles. The van der Waals surface area contributed by atoms with Gasteiger partial charge in [-0.25, -0.2) is 4.98 Å². The Hall–Kier alpha value is -1.36. The van der Waals surface area contributed by atoms with Crippen LogP contribution in [0.1, 0.15) is 12.5 Å². The highest BCUT2D eigenvalue weighted by molar-refractivity contribution is 5.46. The molecule has 0 radical (unpaired) electrons. The number of aryl methyl sites for hydroxylation is 1. The van der Waals surface area contributed by atoms with Gasteiger partial charge in [0.2, 0.25) is 5.95 Å². The van der Waals surface area contributed by atoms with E-state index in [1.807, 2.05) is 13.8 Å². The Morgan fingerprint density at radius 1 is 1.43 bits per heavy atom. The molecule has 0 aliphatic heterocycles. The summed E-state index contributed by atoms with van der Waals surface area (Å²) in [7, 11) is 0. The molecule has 0 aromatic carbocycles. The average molecular weight is 196 g/mol. The van der Waals surface area contributed by atoms with E-state index in [-0.39, 0.29) is 6.61 Å². The number of nitrogens with one attached hydrogen (secondary N) is 2. The van der Waals surface area contributed by atoms with Crippen molar-refractivity contribution in [1.82, 2.24) is 9.97 Å². The average Bonchev–Trinajstić information content (AvgIpc) is 2.19. The van der Waals surface area contributed by atoms with Gasteiger partial charge in [-0.2, -0.15) is 4.98 Å². The minimum atomic E-state index is 0.0972. The smallest absolute Gasteiger partial charge is 0.224 e. The van der Waals surface area contributed by atoms with Crippen LogP contribution < -0.4 is 10.6 Å². The minimum absolute atomic E-state index is 0.0972.